The minimum Gasteiger partial charge on any atom is -0.493 e. The number of aromatic amines is 1. The third-order valence-corrected chi connectivity index (χ3v) is 5.53. The maximum atomic E-state index is 11.1. The molecule has 3 aromatic rings. The minimum absolute atomic E-state index is 0.316. The third-order valence-electron chi connectivity index (χ3n) is 5.20. The first-order valence-corrected chi connectivity index (χ1v) is 9.67. The maximum absolute atomic E-state index is 11.1. The van der Waals surface area contributed by atoms with Gasteiger partial charge in [0.1, 0.15) is 11.9 Å². The van der Waals surface area contributed by atoms with E-state index >= 15 is 0 Å². The van der Waals surface area contributed by atoms with Crippen molar-refractivity contribution >= 4 is 26.8 Å². The second-order valence-corrected chi connectivity index (χ2v) is 7.89. The highest BCUT2D eigenvalue weighted by Gasteiger charge is 2.39. The smallest absolute Gasteiger partial charge is 0.119 e. The lowest BCUT2D eigenvalue weighted by molar-refractivity contribution is 0.211. The zero-order valence-electron chi connectivity index (χ0n) is 14.6. The first-order valence-electron chi connectivity index (χ1n) is 8.55. The molecule has 0 radical (unpaired) electrons. The van der Waals surface area contributed by atoms with Crippen molar-refractivity contribution in [3.05, 3.63) is 64.3 Å². The highest BCUT2D eigenvalue weighted by molar-refractivity contribution is 9.09. The number of benzene rings is 2. The number of rotatable bonds is 3. The number of hydrogen-bond acceptors (Lipinski definition) is 3. The lowest BCUT2D eigenvalue weighted by Crippen LogP contribution is -2.29. The summed E-state index contributed by atoms with van der Waals surface area (Å²) in [6.07, 6.45) is -0.708. The molecule has 0 saturated heterocycles. The average Bonchev–Trinajstić information content (AvgIpc) is 3.04. The van der Waals surface area contributed by atoms with E-state index in [0.717, 1.165) is 44.4 Å². The lowest BCUT2D eigenvalue weighted by Gasteiger charge is -2.35. The molecule has 0 amide bonds. The van der Waals surface area contributed by atoms with E-state index in [0.29, 0.717) is 12.2 Å². The summed E-state index contributed by atoms with van der Waals surface area (Å²) in [6, 6.07) is 13.6. The van der Waals surface area contributed by atoms with E-state index in [-0.39, 0.29) is 5.41 Å². The number of nitrogens with zero attached hydrogens (tertiary/aromatic N) is 1. The van der Waals surface area contributed by atoms with Crippen LogP contribution in [0.5, 0.6) is 5.75 Å². The van der Waals surface area contributed by atoms with E-state index in [2.05, 4.69) is 40.8 Å². The number of H-pyrrole nitrogens is 1. The van der Waals surface area contributed by atoms with Crippen LogP contribution >= 0.6 is 15.9 Å². The van der Waals surface area contributed by atoms with Crippen LogP contribution in [0.1, 0.15) is 47.9 Å². The van der Waals surface area contributed by atoms with Crippen LogP contribution in [0, 0.1) is 11.3 Å². The Bertz CT molecular complexity index is 1050. The number of aliphatic hydroxyl groups excluding tert-OH is 1. The Balaban J connectivity index is 1.92. The van der Waals surface area contributed by atoms with Crippen LogP contribution in [0.3, 0.4) is 0 Å². The van der Waals surface area contributed by atoms with Crippen LogP contribution in [0.4, 0.5) is 0 Å². The molecule has 1 aliphatic carbocycles. The van der Waals surface area contributed by atoms with Crippen LogP contribution < -0.4 is 4.74 Å². The molecule has 1 aromatic heterocycles. The first-order chi connectivity index (χ1) is 12.5. The van der Waals surface area contributed by atoms with E-state index < -0.39 is 6.10 Å². The molecule has 1 heterocycles. The van der Waals surface area contributed by atoms with Crippen LogP contribution in [-0.4, -0.2) is 22.0 Å². The van der Waals surface area contributed by atoms with Gasteiger partial charge in [-0.3, -0.25) is 0 Å². The van der Waals surface area contributed by atoms with Crippen molar-refractivity contribution in [3.8, 4) is 11.8 Å². The highest BCUT2D eigenvalue weighted by atomic mass is 79.9. The van der Waals surface area contributed by atoms with Crippen molar-refractivity contribution in [2.24, 2.45) is 0 Å². The van der Waals surface area contributed by atoms with Gasteiger partial charge in [0, 0.05) is 32.9 Å². The molecule has 2 aromatic carbocycles. The summed E-state index contributed by atoms with van der Waals surface area (Å²) in [5.41, 5.74) is 5.01. The number of aromatic nitrogens is 1. The average molecular weight is 411 g/mol. The maximum Gasteiger partial charge on any atom is 0.119 e. The van der Waals surface area contributed by atoms with Gasteiger partial charge in [-0.1, -0.05) is 41.9 Å². The van der Waals surface area contributed by atoms with E-state index in [1.807, 2.05) is 30.3 Å². The molecule has 1 aliphatic rings. The largest absolute Gasteiger partial charge is 0.493 e. The predicted molar refractivity (Wildman–Crippen MR) is 105 cm³/mol. The molecule has 4 nitrogen and oxygen atoms in total. The Morgan fingerprint density at radius 1 is 1.27 bits per heavy atom. The Morgan fingerprint density at radius 2 is 2.08 bits per heavy atom. The summed E-state index contributed by atoms with van der Waals surface area (Å²) in [6.45, 7) is 4.88. The fourth-order valence-corrected chi connectivity index (χ4v) is 4.08. The summed E-state index contributed by atoms with van der Waals surface area (Å²) >= 11 is 3.37. The van der Waals surface area contributed by atoms with Gasteiger partial charge >= 0.3 is 0 Å². The number of nitriles is 1. The molecule has 132 valence electrons. The number of ether oxygens (including phenoxy) is 1. The van der Waals surface area contributed by atoms with Gasteiger partial charge in [-0.25, -0.2) is 0 Å². The number of hydrogen-bond donors (Lipinski definition) is 2. The second kappa shape index (κ2) is 6.15. The van der Waals surface area contributed by atoms with Crippen LogP contribution in [0.25, 0.3) is 10.9 Å². The zero-order chi connectivity index (χ0) is 18.5. The predicted octanol–water partition coefficient (Wildman–Crippen LogP) is 4.53. The van der Waals surface area contributed by atoms with Crippen molar-refractivity contribution in [2.45, 2.75) is 25.4 Å². The Kier molecular flexibility index (Phi) is 4.06. The van der Waals surface area contributed by atoms with Crippen molar-refractivity contribution in [1.29, 1.82) is 5.26 Å². The van der Waals surface area contributed by atoms with Gasteiger partial charge in [0.15, 0.2) is 0 Å². The molecule has 0 aliphatic heterocycles. The number of alkyl halides is 1. The quantitative estimate of drug-likeness (QED) is 0.622. The number of fused-ring (bicyclic) bond motifs is 4. The number of halogens is 1. The van der Waals surface area contributed by atoms with Gasteiger partial charge < -0.3 is 14.8 Å². The molecule has 0 bridgehead atoms. The topological polar surface area (TPSA) is 69.0 Å². The summed E-state index contributed by atoms with van der Waals surface area (Å²) in [5, 5.41) is 22.0. The molecular formula is C21H19BrN2O2. The number of aliphatic hydroxyl groups is 1. The van der Waals surface area contributed by atoms with E-state index in [1.165, 1.54) is 0 Å². The van der Waals surface area contributed by atoms with Gasteiger partial charge in [0.25, 0.3) is 0 Å². The first kappa shape index (κ1) is 17.1. The molecule has 4 rings (SSSR count). The van der Waals surface area contributed by atoms with Crippen molar-refractivity contribution in [2.75, 3.05) is 11.9 Å². The standard InChI is InChI=1S/C21H19BrN2O2/c1-21(2)16-10-13(26-8-7-22)4-6-14(16)19(25)18-15-5-3-12(11-23)9-17(15)24-20(18)21/h3-6,9-10,19,24-25H,7-8H2,1-2H3. The Morgan fingerprint density at radius 3 is 2.81 bits per heavy atom. The summed E-state index contributed by atoms with van der Waals surface area (Å²) < 4.78 is 5.75. The SMILES string of the molecule is CC1(C)c2cc(OCCBr)ccc2C(O)c2c1[nH]c1cc(C#N)ccc21. The molecule has 1 atom stereocenters. The summed E-state index contributed by atoms with van der Waals surface area (Å²) in [5.74, 6) is 0.801. The van der Waals surface area contributed by atoms with Gasteiger partial charge in [0.05, 0.1) is 18.2 Å². The van der Waals surface area contributed by atoms with Crippen molar-refractivity contribution < 1.29 is 9.84 Å². The second-order valence-electron chi connectivity index (χ2n) is 7.10. The molecule has 2 N–H and O–H groups in total. The molecule has 0 spiro atoms. The van der Waals surface area contributed by atoms with Gasteiger partial charge in [-0.2, -0.15) is 5.26 Å². The molecule has 26 heavy (non-hydrogen) atoms. The van der Waals surface area contributed by atoms with E-state index in [9.17, 15) is 5.11 Å². The lowest BCUT2D eigenvalue weighted by atomic mass is 9.70. The van der Waals surface area contributed by atoms with Crippen LogP contribution in [0.2, 0.25) is 0 Å². The Labute approximate surface area is 160 Å². The van der Waals surface area contributed by atoms with Crippen molar-refractivity contribution in [1.82, 2.24) is 4.98 Å². The normalized spacial score (nSPS) is 17.4. The fourth-order valence-electron chi connectivity index (χ4n) is 3.92. The monoisotopic (exact) mass is 410 g/mol. The van der Waals surface area contributed by atoms with Crippen LogP contribution in [-0.2, 0) is 5.41 Å². The molecule has 1 unspecified atom stereocenters. The number of nitrogens with one attached hydrogen (secondary N) is 1. The summed E-state index contributed by atoms with van der Waals surface area (Å²) in [4.78, 5) is 3.46. The third kappa shape index (κ3) is 2.45. The van der Waals surface area contributed by atoms with Gasteiger partial charge in [-0.05, 0) is 35.4 Å². The van der Waals surface area contributed by atoms with Crippen LogP contribution in [0.15, 0.2) is 36.4 Å². The minimum atomic E-state index is -0.708. The molecular weight excluding hydrogens is 392 g/mol. The zero-order valence-corrected chi connectivity index (χ0v) is 16.2. The van der Waals surface area contributed by atoms with E-state index in [4.69, 9.17) is 10.00 Å². The molecule has 0 fully saturated rings. The van der Waals surface area contributed by atoms with Gasteiger partial charge in [-0.15, -0.1) is 0 Å². The Hall–Kier alpha value is -2.29. The molecule has 5 heteroatoms. The van der Waals surface area contributed by atoms with Gasteiger partial charge in [0.2, 0.25) is 0 Å². The molecule has 0 saturated carbocycles. The van der Waals surface area contributed by atoms with E-state index in [1.54, 1.807) is 6.07 Å². The fraction of sp³-hybridized carbons (Fsp3) is 0.286. The highest BCUT2D eigenvalue weighted by Crippen LogP contribution is 2.48. The van der Waals surface area contributed by atoms with Crippen molar-refractivity contribution in [3.63, 3.8) is 0 Å². The summed E-state index contributed by atoms with van der Waals surface area (Å²) in [7, 11) is 0.